The number of halogens is 3. The third-order valence-corrected chi connectivity index (χ3v) is 5.31. The molecule has 1 saturated heterocycles. The lowest BCUT2D eigenvalue weighted by Crippen LogP contribution is -2.52. The van der Waals surface area contributed by atoms with Gasteiger partial charge in [-0.15, -0.1) is 0 Å². The second kappa shape index (κ2) is 9.78. The number of nitrogens with zero attached hydrogens (tertiary/aromatic N) is 1. The van der Waals surface area contributed by atoms with E-state index in [0.717, 1.165) is 18.4 Å². The third kappa shape index (κ3) is 5.62. The van der Waals surface area contributed by atoms with Gasteiger partial charge in [-0.05, 0) is 36.8 Å². The monoisotopic (exact) mass is 418 g/mol. The smallest absolute Gasteiger partial charge is 0.342 e. The average Bonchev–Trinajstić information content (AvgIpc) is 2.73. The number of amides is 2. The fraction of sp³-hybridized carbons (Fsp3) is 0.391. The van der Waals surface area contributed by atoms with Gasteiger partial charge in [-0.25, -0.2) is 0 Å². The summed E-state index contributed by atoms with van der Waals surface area (Å²) in [4.78, 5) is 26.9. The summed E-state index contributed by atoms with van der Waals surface area (Å²) in [5.41, 5.74) is 1.28. The van der Waals surface area contributed by atoms with E-state index in [2.05, 4.69) is 5.32 Å². The van der Waals surface area contributed by atoms with E-state index in [1.165, 1.54) is 4.90 Å². The number of hydrogen-bond donors (Lipinski definition) is 1. The summed E-state index contributed by atoms with van der Waals surface area (Å²) < 4.78 is 41.0. The van der Waals surface area contributed by atoms with Gasteiger partial charge in [0.05, 0.1) is 0 Å². The zero-order valence-corrected chi connectivity index (χ0v) is 16.6. The van der Waals surface area contributed by atoms with Crippen LogP contribution in [-0.4, -0.2) is 35.5 Å². The van der Waals surface area contributed by atoms with Crippen LogP contribution in [0.5, 0.6) is 0 Å². The molecule has 2 aromatic carbocycles. The molecule has 0 bridgehead atoms. The van der Waals surface area contributed by atoms with E-state index < -0.39 is 24.2 Å². The quantitative estimate of drug-likeness (QED) is 0.724. The van der Waals surface area contributed by atoms with E-state index >= 15 is 0 Å². The van der Waals surface area contributed by atoms with Crippen molar-refractivity contribution in [3.05, 3.63) is 71.8 Å². The Kier molecular flexibility index (Phi) is 7.13. The lowest BCUT2D eigenvalue weighted by atomic mass is 9.99. The Labute approximate surface area is 174 Å². The number of nitrogens with one attached hydrogen (secondary N) is 1. The number of aryl methyl sites for hydroxylation is 1. The van der Waals surface area contributed by atoms with Crippen LogP contribution in [0, 0.1) is 0 Å². The van der Waals surface area contributed by atoms with Crippen LogP contribution in [0.1, 0.15) is 42.9 Å². The summed E-state index contributed by atoms with van der Waals surface area (Å²) in [6.45, 7) is 0.354. The van der Waals surface area contributed by atoms with Crippen molar-refractivity contribution in [2.45, 2.75) is 50.4 Å². The second-order valence-corrected chi connectivity index (χ2v) is 7.48. The van der Waals surface area contributed by atoms with Gasteiger partial charge >= 0.3 is 6.18 Å². The molecule has 7 heteroatoms. The molecule has 0 aromatic heterocycles. The summed E-state index contributed by atoms with van der Waals surface area (Å²) in [6, 6.07) is 14.3. The maximum atomic E-state index is 13.7. The van der Waals surface area contributed by atoms with Crippen molar-refractivity contribution in [2.75, 3.05) is 6.54 Å². The van der Waals surface area contributed by atoms with E-state index in [1.807, 2.05) is 0 Å². The standard InChI is InChI=1S/C23H25F3N2O2/c24-23(25,26)19(15-14-17-9-3-1-4-10-17)27-22(30)21(18-11-5-2-6-12-18)28-16-8-7-13-20(28)29/h1-6,9-12,19,21H,7-8,13-16H2,(H,27,30)/t19-,21-/m1/s1. The van der Waals surface area contributed by atoms with Gasteiger partial charge in [0.1, 0.15) is 12.1 Å². The zero-order valence-electron chi connectivity index (χ0n) is 16.6. The van der Waals surface area contributed by atoms with Crippen LogP contribution >= 0.6 is 0 Å². The van der Waals surface area contributed by atoms with Gasteiger partial charge in [0.25, 0.3) is 0 Å². The summed E-state index contributed by atoms with van der Waals surface area (Å²) in [5, 5.41) is 2.19. The molecule has 0 unspecified atom stereocenters. The third-order valence-electron chi connectivity index (χ3n) is 5.31. The van der Waals surface area contributed by atoms with Gasteiger partial charge in [-0.1, -0.05) is 60.7 Å². The maximum absolute atomic E-state index is 13.7. The Bertz CT molecular complexity index is 841. The molecule has 3 rings (SSSR count). The van der Waals surface area contributed by atoms with Crippen LogP contribution < -0.4 is 5.32 Å². The Morgan fingerprint density at radius 2 is 1.63 bits per heavy atom. The Morgan fingerprint density at radius 1 is 1.00 bits per heavy atom. The van der Waals surface area contributed by atoms with Crippen molar-refractivity contribution in [3.8, 4) is 0 Å². The van der Waals surface area contributed by atoms with E-state index in [4.69, 9.17) is 0 Å². The van der Waals surface area contributed by atoms with Crippen molar-refractivity contribution in [1.29, 1.82) is 0 Å². The summed E-state index contributed by atoms with van der Waals surface area (Å²) in [7, 11) is 0. The molecule has 2 aromatic rings. The largest absolute Gasteiger partial charge is 0.408 e. The van der Waals surface area contributed by atoms with Crippen LogP contribution in [0.2, 0.25) is 0 Å². The minimum atomic E-state index is -4.59. The second-order valence-electron chi connectivity index (χ2n) is 7.48. The van der Waals surface area contributed by atoms with Crippen molar-refractivity contribution >= 4 is 11.8 Å². The number of rotatable bonds is 7. The molecule has 1 heterocycles. The van der Waals surface area contributed by atoms with Gasteiger partial charge < -0.3 is 10.2 Å². The van der Waals surface area contributed by atoms with Gasteiger partial charge in [0.2, 0.25) is 11.8 Å². The van der Waals surface area contributed by atoms with Gasteiger partial charge in [-0.3, -0.25) is 9.59 Å². The predicted molar refractivity (Wildman–Crippen MR) is 107 cm³/mol. The summed E-state index contributed by atoms with van der Waals surface area (Å²) in [6.07, 6.45) is -2.93. The molecule has 0 saturated carbocycles. The van der Waals surface area contributed by atoms with Crippen molar-refractivity contribution in [2.24, 2.45) is 0 Å². The first kappa shape index (κ1) is 21.9. The normalized spacial score (nSPS) is 16.8. The zero-order chi connectivity index (χ0) is 21.6. The van der Waals surface area contributed by atoms with Crippen molar-refractivity contribution in [3.63, 3.8) is 0 Å². The fourth-order valence-electron chi connectivity index (χ4n) is 3.73. The van der Waals surface area contributed by atoms with E-state index in [1.54, 1.807) is 60.7 Å². The highest BCUT2D eigenvalue weighted by atomic mass is 19.4. The molecule has 0 aliphatic carbocycles. The number of alkyl halides is 3. The highest BCUT2D eigenvalue weighted by Gasteiger charge is 2.42. The molecule has 2 amide bonds. The van der Waals surface area contributed by atoms with Gasteiger partial charge in [0, 0.05) is 13.0 Å². The highest BCUT2D eigenvalue weighted by Crippen LogP contribution is 2.29. The van der Waals surface area contributed by atoms with Crippen LogP contribution in [0.4, 0.5) is 13.2 Å². The Balaban J connectivity index is 1.80. The summed E-state index contributed by atoms with van der Waals surface area (Å²) >= 11 is 0. The first-order valence-corrected chi connectivity index (χ1v) is 10.1. The molecule has 4 nitrogen and oxygen atoms in total. The average molecular weight is 418 g/mol. The minimum absolute atomic E-state index is 0.184. The maximum Gasteiger partial charge on any atom is 0.408 e. The first-order valence-electron chi connectivity index (χ1n) is 10.1. The number of hydrogen-bond acceptors (Lipinski definition) is 2. The number of carbonyl (C=O) groups excluding carboxylic acids is 2. The molecule has 1 aliphatic rings. The molecule has 160 valence electrons. The van der Waals surface area contributed by atoms with E-state index in [9.17, 15) is 22.8 Å². The van der Waals surface area contributed by atoms with Gasteiger partial charge in [-0.2, -0.15) is 13.2 Å². The topological polar surface area (TPSA) is 49.4 Å². The van der Waals surface area contributed by atoms with E-state index in [-0.39, 0.29) is 18.7 Å². The molecular weight excluding hydrogens is 393 g/mol. The molecule has 2 atom stereocenters. The fourth-order valence-corrected chi connectivity index (χ4v) is 3.73. The van der Waals surface area contributed by atoms with Crippen LogP contribution in [0.3, 0.4) is 0 Å². The number of benzene rings is 2. The number of carbonyl (C=O) groups is 2. The molecule has 1 aliphatic heterocycles. The van der Waals surface area contributed by atoms with Crippen LogP contribution in [0.15, 0.2) is 60.7 Å². The summed E-state index contributed by atoms with van der Waals surface area (Å²) in [5.74, 6) is -1.01. The lowest BCUT2D eigenvalue weighted by Gasteiger charge is -2.35. The van der Waals surface area contributed by atoms with Crippen LogP contribution in [0.25, 0.3) is 0 Å². The Morgan fingerprint density at radius 3 is 2.23 bits per heavy atom. The molecule has 1 N–H and O–H groups in total. The molecular formula is C23H25F3N2O2. The SMILES string of the molecule is O=C(N[C@H](CCc1ccccc1)C(F)(F)F)[C@@H](c1ccccc1)N1CCCCC1=O. The molecule has 30 heavy (non-hydrogen) atoms. The number of piperidine rings is 1. The van der Waals surface area contributed by atoms with Crippen LogP contribution in [-0.2, 0) is 16.0 Å². The first-order chi connectivity index (χ1) is 14.4. The Hall–Kier alpha value is -2.83. The minimum Gasteiger partial charge on any atom is -0.342 e. The van der Waals surface area contributed by atoms with E-state index in [0.29, 0.717) is 18.5 Å². The molecule has 0 radical (unpaired) electrons. The van der Waals surface area contributed by atoms with Crippen molar-refractivity contribution in [1.82, 2.24) is 10.2 Å². The lowest BCUT2D eigenvalue weighted by molar-refractivity contribution is -0.165. The molecule has 1 fully saturated rings. The highest BCUT2D eigenvalue weighted by molar-refractivity contribution is 5.89. The van der Waals surface area contributed by atoms with Crippen molar-refractivity contribution < 1.29 is 22.8 Å². The molecule has 0 spiro atoms. The number of likely N-dealkylation sites (tertiary alicyclic amines) is 1. The van der Waals surface area contributed by atoms with Gasteiger partial charge in [0.15, 0.2) is 0 Å². The predicted octanol–water partition coefficient (Wildman–Crippen LogP) is 4.42.